The minimum atomic E-state index is 0.453. The molecule has 0 saturated heterocycles. The lowest BCUT2D eigenvalue weighted by Crippen LogP contribution is -2.37. The van der Waals surface area contributed by atoms with Gasteiger partial charge >= 0.3 is 0 Å². The largest absolute Gasteiger partial charge is 0.493 e. The maximum Gasteiger partial charge on any atom is 0.203 e. The summed E-state index contributed by atoms with van der Waals surface area (Å²) in [5.41, 5.74) is 3.54. The Balaban J connectivity index is 2.18. The standard InChI is InChI=1S/C22H31N3O3/c1-6-16-10-8-9-11-17(16)14-24-22(23-7-2)25-15-18-12-13-19(26-3)21(28-5)20(18)27-4/h8-13H,6-7,14-15H2,1-5H3,(H2,23,24,25). The molecule has 0 aliphatic rings. The van der Waals surface area contributed by atoms with Crippen LogP contribution in [0.5, 0.6) is 17.2 Å². The summed E-state index contributed by atoms with van der Waals surface area (Å²) in [5, 5.41) is 6.70. The van der Waals surface area contributed by atoms with Gasteiger partial charge in [0.25, 0.3) is 0 Å². The van der Waals surface area contributed by atoms with Gasteiger partial charge in [0.2, 0.25) is 5.75 Å². The third-order valence-electron chi connectivity index (χ3n) is 4.48. The Morgan fingerprint density at radius 1 is 0.821 bits per heavy atom. The van der Waals surface area contributed by atoms with Crippen LogP contribution < -0.4 is 24.8 Å². The van der Waals surface area contributed by atoms with Crippen LogP contribution in [-0.2, 0) is 19.5 Å². The van der Waals surface area contributed by atoms with Crippen LogP contribution in [0.15, 0.2) is 41.4 Å². The number of rotatable bonds is 9. The fourth-order valence-electron chi connectivity index (χ4n) is 3.05. The van der Waals surface area contributed by atoms with Crippen molar-refractivity contribution < 1.29 is 14.2 Å². The van der Waals surface area contributed by atoms with Crippen molar-refractivity contribution >= 4 is 5.96 Å². The molecule has 0 heterocycles. The molecule has 0 aliphatic carbocycles. The van der Waals surface area contributed by atoms with Gasteiger partial charge in [-0.1, -0.05) is 31.2 Å². The zero-order valence-electron chi connectivity index (χ0n) is 17.5. The predicted octanol–water partition coefficient (Wildman–Crippen LogP) is 3.53. The Morgan fingerprint density at radius 3 is 2.14 bits per heavy atom. The Bertz CT molecular complexity index is 791. The zero-order chi connectivity index (χ0) is 20.4. The molecule has 2 aromatic carbocycles. The van der Waals surface area contributed by atoms with Crippen LogP contribution in [0, 0.1) is 0 Å². The predicted molar refractivity (Wildman–Crippen MR) is 114 cm³/mol. The van der Waals surface area contributed by atoms with Crippen LogP contribution in [0.3, 0.4) is 0 Å². The summed E-state index contributed by atoms with van der Waals surface area (Å²) in [4.78, 5) is 4.71. The highest BCUT2D eigenvalue weighted by atomic mass is 16.5. The van der Waals surface area contributed by atoms with Crippen molar-refractivity contribution in [3.05, 3.63) is 53.1 Å². The number of methoxy groups -OCH3 is 3. The van der Waals surface area contributed by atoms with Crippen LogP contribution in [0.1, 0.15) is 30.5 Å². The first-order chi connectivity index (χ1) is 13.7. The third kappa shape index (κ3) is 5.31. The van der Waals surface area contributed by atoms with E-state index in [2.05, 4.69) is 41.8 Å². The number of aryl methyl sites for hydroxylation is 1. The van der Waals surface area contributed by atoms with Crippen LogP contribution in [0.4, 0.5) is 0 Å². The number of aliphatic imine (C=N–C) groups is 1. The van der Waals surface area contributed by atoms with Gasteiger partial charge in [-0.15, -0.1) is 0 Å². The molecule has 6 heteroatoms. The summed E-state index contributed by atoms with van der Waals surface area (Å²) in [7, 11) is 4.83. The lowest BCUT2D eigenvalue weighted by Gasteiger charge is -2.16. The molecule has 0 fully saturated rings. The average molecular weight is 386 g/mol. The number of hydrogen-bond donors (Lipinski definition) is 2. The van der Waals surface area contributed by atoms with E-state index in [0.29, 0.717) is 23.8 Å². The normalized spacial score (nSPS) is 11.1. The summed E-state index contributed by atoms with van der Waals surface area (Å²) >= 11 is 0. The van der Waals surface area contributed by atoms with Gasteiger partial charge in [0, 0.05) is 18.7 Å². The van der Waals surface area contributed by atoms with Crippen molar-refractivity contribution in [3.8, 4) is 17.2 Å². The molecule has 0 bridgehead atoms. The van der Waals surface area contributed by atoms with Crippen LogP contribution in [0.2, 0.25) is 0 Å². The van der Waals surface area contributed by atoms with Crippen molar-refractivity contribution in [1.29, 1.82) is 0 Å². The molecule has 0 amide bonds. The van der Waals surface area contributed by atoms with Crippen molar-refractivity contribution in [2.45, 2.75) is 33.4 Å². The summed E-state index contributed by atoms with van der Waals surface area (Å²) in [6.07, 6.45) is 1.01. The molecule has 152 valence electrons. The van der Waals surface area contributed by atoms with E-state index in [1.807, 2.05) is 19.1 Å². The third-order valence-corrected chi connectivity index (χ3v) is 4.48. The van der Waals surface area contributed by atoms with Crippen LogP contribution in [0.25, 0.3) is 0 Å². The minimum Gasteiger partial charge on any atom is -0.493 e. The molecule has 6 nitrogen and oxygen atoms in total. The van der Waals surface area contributed by atoms with E-state index in [0.717, 1.165) is 31.0 Å². The molecule has 0 radical (unpaired) electrons. The van der Waals surface area contributed by atoms with Crippen molar-refractivity contribution in [3.63, 3.8) is 0 Å². The fourth-order valence-corrected chi connectivity index (χ4v) is 3.05. The monoisotopic (exact) mass is 385 g/mol. The molecule has 0 aromatic heterocycles. The molecule has 0 unspecified atom stereocenters. The minimum absolute atomic E-state index is 0.453. The number of ether oxygens (including phenoxy) is 3. The molecule has 28 heavy (non-hydrogen) atoms. The average Bonchev–Trinajstić information content (AvgIpc) is 2.74. The Labute approximate surface area is 167 Å². The van der Waals surface area contributed by atoms with E-state index >= 15 is 0 Å². The first kappa shape index (κ1) is 21.4. The molecule has 2 aromatic rings. The van der Waals surface area contributed by atoms with E-state index in [4.69, 9.17) is 19.2 Å². The lowest BCUT2D eigenvalue weighted by molar-refractivity contribution is 0.322. The van der Waals surface area contributed by atoms with E-state index in [-0.39, 0.29) is 0 Å². The molecular formula is C22H31N3O3. The molecule has 0 aliphatic heterocycles. The smallest absolute Gasteiger partial charge is 0.203 e. The Morgan fingerprint density at radius 2 is 1.54 bits per heavy atom. The van der Waals surface area contributed by atoms with E-state index in [1.165, 1.54) is 11.1 Å². The van der Waals surface area contributed by atoms with Gasteiger partial charge in [-0.2, -0.15) is 0 Å². The highest BCUT2D eigenvalue weighted by molar-refractivity contribution is 5.79. The first-order valence-corrected chi connectivity index (χ1v) is 9.55. The Hall–Kier alpha value is -2.89. The van der Waals surface area contributed by atoms with E-state index in [9.17, 15) is 0 Å². The zero-order valence-corrected chi connectivity index (χ0v) is 17.5. The second-order valence-corrected chi connectivity index (χ2v) is 6.16. The van der Waals surface area contributed by atoms with Gasteiger partial charge in [-0.05, 0) is 36.6 Å². The molecule has 0 atom stereocenters. The summed E-state index contributed by atoms with van der Waals surface area (Å²) in [6.45, 7) is 6.17. The summed E-state index contributed by atoms with van der Waals surface area (Å²) in [6, 6.07) is 12.3. The maximum absolute atomic E-state index is 5.55. The Kier molecular flexibility index (Phi) is 8.46. The number of guanidine groups is 1. The number of nitrogens with zero attached hydrogens (tertiary/aromatic N) is 1. The number of hydrogen-bond acceptors (Lipinski definition) is 4. The van der Waals surface area contributed by atoms with Gasteiger partial charge in [-0.3, -0.25) is 0 Å². The van der Waals surface area contributed by atoms with Gasteiger partial charge in [-0.25, -0.2) is 4.99 Å². The SMILES string of the molecule is CCNC(=NCc1ccc(OC)c(OC)c1OC)NCc1ccccc1CC. The summed E-state index contributed by atoms with van der Waals surface area (Å²) < 4.78 is 16.3. The molecular weight excluding hydrogens is 354 g/mol. The van der Waals surface area contributed by atoms with Gasteiger partial charge in [0.15, 0.2) is 17.5 Å². The van der Waals surface area contributed by atoms with Crippen molar-refractivity contribution in [2.75, 3.05) is 27.9 Å². The topological polar surface area (TPSA) is 64.1 Å². The lowest BCUT2D eigenvalue weighted by atomic mass is 10.1. The molecule has 0 spiro atoms. The molecule has 2 N–H and O–H groups in total. The molecule has 2 rings (SSSR count). The van der Waals surface area contributed by atoms with Crippen molar-refractivity contribution in [2.24, 2.45) is 4.99 Å². The summed E-state index contributed by atoms with van der Waals surface area (Å²) in [5.74, 6) is 2.60. The van der Waals surface area contributed by atoms with Crippen molar-refractivity contribution in [1.82, 2.24) is 10.6 Å². The highest BCUT2D eigenvalue weighted by Gasteiger charge is 2.15. The van der Waals surface area contributed by atoms with E-state index in [1.54, 1.807) is 21.3 Å². The quantitative estimate of drug-likeness (QED) is 0.511. The van der Waals surface area contributed by atoms with E-state index < -0.39 is 0 Å². The molecule has 0 saturated carbocycles. The highest BCUT2D eigenvalue weighted by Crippen LogP contribution is 2.39. The second-order valence-electron chi connectivity index (χ2n) is 6.16. The van der Waals surface area contributed by atoms with Gasteiger partial charge in [0.05, 0.1) is 27.9 Å². The second kappa shape index (κ2) is 11.1. The van der Waals surface area contributed by atoms with Gasteiger partial charge in [0.1, 0.15) is 0 Å². The fraction of sp³-hybridized carbons (Fsp3) is 0.409. The first-order valence-electron chi connectivity index (χ1n) is 9.55. The maximum atomic E-state index is 5.55. The van der Waals surface area contributed by atoms with Gasteiger partial charge < -0.3 is 24.8 Å². The van der Waals surface area contributed by atoms with Crippen LogP contribution >= 0.6 is 0 Å². The number of nitrogens with one attached hydrogen (secondary N) is 2. The number of benzene rings is 2. The van der Waals surface area contributed by atoms with Crippen LogP contribution in [-0.4, -0.2) is 33.8 Å².